The second kappa shape index (κ2) is 4.03. The molecule has 0 heterocycles. The van der Waals surface area contributed by atoms with Gasteiger partial charge in [-0.25, -0.2) is 0 Å². The number of hydrogen-bond donors (Lipinski definition) is 1. The molecule has 0 saturated heterocycles. The normalized spacial score (nSPS) is 39.5. The molecule has 16 heavy (non-hydrogen) atoms. The van der Waals surface area contributed by atoms with Gasteiger partial charge in [-0.05, 0) is 62.9 Å². The lowest BCUT2D eigenvalue weighted by Crippen LogP contribution is -2.35. The molecule has 0 amide bonds. The third kappa shape index (κ3) is 1.86. The first kappa shape index (κ1) is 11.9. The standard InChI is InChI=1S/C15H24O/c1-10(2)12-5-7-15(4)8-6-14(16)11(3)13(15)9-12/h12,14,16H,1,5-9H2,2-4H3/t12-,14+,15-/m1/s1. The van der Waals surface area contributed by atoms with Crippen LogP contribution in [-0.4, -0.2) is 11.2 Å². The smallest absolute Gasteiger partial charge is 0.0750 e. The van der Waals surface area contributed by atoms with Gasteiger partial charge >= 0.3 is 0 Å². The minimum atomic E-state index is -0.188. The molecule has 1 N–H and O–H groups in total. The molecule has 0 aromatic heterocycles. The van der Waals surface area contributed by atoms with Crippen molar-refractivity contribution in [1.82, 2.24) is 0 Å². The van der Waals surface area contributed by atoms with Crippen LogP contribution in [0.25, 0.3) is 0 Å². The lowest BCUT2D eigenvalue weighted by atomic mass is 9.60. The molecule has 0 aromatic rings. The quantitative estimate of drug-likeness (QED) is 0.666. The lowest BCUT2D eigenvalue weighted by Gasteiger charge is -2.45. The maximum atomic E-state index is 9.98. The van der Waals surface area contributed by atoms with E-state index >= 15 is 0 Å². The zero-order valence-electron chi connectivity index (χ0n) is 10.8. The van der Waals surface area contributed by atoms with E-state index in [2.05, 4.69) is 27.4 Å². The molecule has 0 aliphatic heterocycles. The summed E-state index contributed by atoms with van der Waals surface area (Å²) in [5, 5.41) is 9.98. The maximum absolute atomic E-state index is 9.98. The van der Waals surface area contributed by atoms with Crippen LogP contribution in [0, 0.1) is 11.3 Å². The second-order valence-electron chi connectivity index (χ2n) is 6.06. The summed E-state index contributed by atoms with van der Waals surface area (Å²) in [6, 6.07) is 0. The van der Waals surface area contributed by atoms with E-state index in [1.165, 1.54) is 29.6 Å². The van der Waals surface area contributed by atoms with Gasteiger partial charge in [-0.3, -0.25) is 0 Å². The highest BCUT2D eigenvalue weighted by Gasteiger charge is 2.40. The Morgan fingerprint density at radius 3 is 2.62 bits per heavy atom. The SMILES string of the molecule is C=C(C)[C@@H]1CC[C@]2(C)CC[C@H](O)C(C)=C2C1. The summed E-state index contributed by atoms with van der Waals surface area (Å²) in [4.78, 5) is 0. The Kier molecular flexibility index (Phi) is 3.00. The van der Waals surface area contributed by atoms with E-state index in [-0.39, 0.29) is 6.10 Å². The van der Waals surface area contributed by atoms with Crippen LogP contribution >= 0.6 is 0 Å². The van der Waals surface area contributed by atoms with Gasteiger partial charge < -0.3 is 5.11 Å². The van der Waals surface area contributed by atoms with Gasteiger partial charge in [0, 0.05) is 0 Å². The number of aliphatic hydroxyl groups is 1. The fourth-order valence-electron chi connectivity index (χ4n) is 3.44. The molecule has 1 fully saturated rings. The number of fused-ring (bicyclic) bond motifs is 1. The monoisotopic (exact) mass is 220 g/mol. The molecule has 0 aromatic carbocycles. The summed E-state index contributed by atoms with van der Waals surface area (Å²) in [6.45, 7) is 10.7. The molecule has 2 aliphatic rings. The fourth-order valence-corrected chi connectivity index (χ4v) is 3.44. The van der Waals surface area contributed by atoms with Crippen molar-refractivity contribution in [2.75, 3.05) is 0 Å². The number of hydrogen-bond acceptors (Lipinski definition) is 1. The lowest BCUT2D eigenvalue weighted by molar-refractivity contribution is 0.133. The van der Waals surface area contributed by atoms with E-state index in [9.17, 15) is 5.11 Å². The summed E-state index contributed by atoms with van der Waals surface area (Å²) in [6.07, 6.45) is 5.59. The molecule has 0 bridgehead atoms. The minimum absolute atomic E-state index is 0.188. The van der Waals surface area contributed by atoms with Gasteiger partial charge in [0.25, 0.3) is 0 Å². The molecule has 90 valence electrons. The first-order chi connectivity index (χ1) is 7.44. The first-order valence-electron chi connectivity index (χ1n) is 6.47. The van der Waals surface area contributed by atoms with Crippen molar-refractivity contribution in [2.24, 2.45) is 11.3 Å². The van der Waals surface area contributed by atoms with E-state index in [0.29, 0.717) is 11.3 Å². The van der Waals surface area contributed by atoms with Crippen molar-refractivity contribution >= 4 is 0 Å². The molecule has 2 aliphatic carbocycles. The van der Waals surface area contributed by atoms with E-state index in [0.717, 1.165) is 19.3 Å². The Hall–Kier alpha value is -0.560. The molecular weight excluding hydrogens is 196 g/mol. The van der Waals surface area contributed by atoms with E-state index in [1.54, 1.807) is 0 Å². The Morgan fingerprint density at radius 1 is 1.38 bits per heavy atom. The average Bonchev–Trinajstić information content (AvgIpc) is 2.24. The van der Waals surface area contributed by atoms with Crippen LogP contribution in [0.5, 0.6) is 0 Å². The molecule has 1 heteroatoms. The topological polar surface area (TPSA) is 20.2 Å². The van der Waals surface area contributed by atoms with Gasteiger partial charge in [-0.2, -0.15) is 0 Å². The van der Waals surface area contributed by atoms with Crippen LogP contribution in [0.15, 0.2) is 23.3 Å². The van der Waals surface area contributed by atoms with Crippen LogP contribution in [0.3, 0.4) is 0 Å². The third-order valence-electron chi connectivity index (χ3n) is 4.87. The summed E-state index contributed by atoms with van der Waals surface area (Å²) < 4.78 is 0. The van der Waals surface area contributed by atoms with E-state index in [4.69, 9.17) is 0 Å². The Morgan fingerprint density at radius 2 is 2.00 bits per heavy atom. The van der Waals surface area contributed by atoms with E-state index in [1.807, 2.05) is 0 Å². The number of allylic oxidation sites excluding steroid dienone is 2. The van der Waals surface area contributed by atoms with Crippen molar-refractivity contribution < 1.29 is 5.11 Å². The highest BCUT2D eigenvalue weighted by Crippen LogP contribution is 2.51. The van der Waals surface area contributed by atoms with Crippen LogP contribution < -0.4 is 0 Å². The molecule has 0 unspecified atom stereocenters. The Bertz CT molecular complexity index is 339. The van der Waals surface area contributed by atoms with Gasteiger partial charge in [0.05, 0.1) is 6.10 Å². The van der Waals surface area contributed by atoms with Crippen LogP contribution in [0.1, 0.15) is 52.9 Å². The minimum Gasteiger partial charge on any atom is -0.389 e. The zero-order chi connectivity index (χ0) is 11.9. The van der Waals surface area contributed by atoms with Crippen molar-refractivity contribution in [1.29, 1.82) is 0 Å². The predicted molar refractivity (Wildman–Crippen MR) is 68.2 cm³/mol. The van der Waals surface area contributed by atoms with Gasteiger partial charge in [-0.15, -0.1) is 0 Å². The zero-order valence-corrected chi connectivity index (χ0v) is 10.8. The number of aliphatic hydroxyl groups excluding tert-OH is 1. The van der Waals surface area contributed by atoms with Gasteiger partial charge in [0.15, 0.2) is 0 Å². The number of rotatable bonds is 1. The van der Waals surface area contributed by atoms with E-state index < -0.39 is 0 Å². The summed E-state index contributed by atoms with van der Waals surface area (Å²) in [5.74, 6) is 0.642. The molecule has 3 atom stereocenters. The highest BCUT2D eigenvalue weighted by atomic mass is 16.3. The summed E-state index contributed by atoms with van der Waals surface area (Å²) >= 11 is 0. The van der Waals surface area contributed by atoms with Crippen molar-refractivity contribution in [2.45, 2.75) is 59.0 Å². The van der Waals surface area contributed by atoms with Crippen LogP contribution in [0.4, 0.5) is 0 Å². The summed E-state index contributed by atoms with van der Waals surface area (Å²) in [7, 11) is 0. The van der Waals surface area contributed by atoms with Gasteiger partial charge in [0.1, 0.15) is 0 Å². The predicted octanol–water partition coefficient (Wildman–Crippen LogP) is 3.84. The highest BCUT2D eigenvalue weighted by molar-refractivity contribution is 5.30. The molecule has 2 rings (SSSR count). The van der Waals surface area contributed by atoms with Crippen molar-refractivity contribution in [3.05, 3.63) is 23.3 Å². The molecular formula is C15H24O. The summed E-state index contributed by atoms with van der Waals surface area (Å²) in [5.41, 5.74) is 4.46. The maximum Gasteiger partial charge on any atom is 0.0750 e. The molecule has 0 radical (unpaired) electrons. The Labute approximate surface area is 99.3 Å². The largest absolute Gasteiger partial charge is 0.389 e. The molecule has 1 nitrogen and oxygen atoms in total. The van der Waals surface area contributed by atoms with Crippen LogP contribution in [-0.2, 0) is 0 Å². The van der Waals surface area contributed by atoms with Crippen LogP contribution in [0.2, 0.25) is 0 Å². The molecule has 1 saturated carbocycles. The van der Waals surface area contributed by atoms with Crippen molar-refractivity contribution in [3.8, 4) is 0 Å². The van der Waals surface area contributed by atoms with Gasteiger partial charge in [0.2, 0.25) is 0 Å². The molecule has 0 spiro atoms. The average molecular weight is 220 g/mol. The third-order valence-corrected chi connectivity index (χ3v) is 4.87. The first-order valence-corrected chi connectivity index (χ1v) is 6.47. The fraction of sp³-hybridized carbons (Fsp3) is 0.733. The van der Waals surface area contributed by atoms with Crippen molar-refractivity contribution in [3.63, 3.8) is 0 Å². The van der Waals surface area contributed by atoms with Gasteiger partial charge in [-0.1, -0.05) is 24.6 Å². The second-order valence-corrected chi connectivity index (χ2v) is 6.06. The Balaban J connectivity index is 2.31.